The summed E-state index contributed by atoms with van der Waals surface area (Å²) in [4.78, 5) is 0. The maximum absolute atomic E-state index is 6.37. The van der Waals surface area contributed by atoms with Gasteiger partial charge in [0, 0.05) is 30.4 Å². The fourth-order valence-electron chi connectivity index (χ4n) is 2.15. The molecule has 4 N–H and O–H groups in total. The molecule has 0 rings (SSSR count). The summed E-state index contributed by atoms with van der Waals surface area (Å²) in [6.45, 7) is 13.2. The molecule has 0 bridgehead atoms. The second kappa shape index (κ2) is 12.4. The third kappa shape index (κ3) is 9.79. The highest BCUT2D eigenvalue weighted by molar-refractivity contribution is 6.60. The van der Waals surface area contributed by atoms with Crippen molar-refractivity contribution in [2.24, 2.45) is 11.5 Å². The van der Waals surface area contributed by atoms with Crippen LogP contribution in [0.4, 0.5) is 0 Å². The molecule has 0 aromatic heterocycles. The van der Waals surface area contributed by atoms with Gasteiger partial charge in [0.2, 0.25) is 0 Å². The third-order valence-electron chi connectivity index (χ3n) is 4.23. The number of nitrogens with two attached hydrogens (primary N) is 2. The zero-order valence-electron chi connectivity index (χ0n) is 16.1. The molecule has 0 aliphatic heterocycles. The number of hydrogen-bond acceptors (Lipinski definition) is 5. The van der Waals surface area contributed by atoms with Crippen molar-refractivity contribution in [2.75, 3.05) is 6.54 Å². The van der Waals surface area contributed by atoms with E-state index in [1.807, 2.05) is 0 Å². The van der Waals surface area contributed by atoms with E-state index in [0.717, 1.165) is 38.1 Å². The van der Waals surface area contributed by atoms with Crippen LogP contribution in [0.15, 0.2) is 0 Å². The molecule has 140 valence electrons. The van der Waals surface area contributed by atoms with Gasteiger partial charge < -0.3 is 24.7 Å². The largest absolute Gasteiger partial charge is 0.501 e. The van der Waals surface area contributed by atoms with Crippen molar-refractivity contribution in [3.63, 3.8) is 0 Å². The molecule has 0 aliphatic carbocycles. The first-order chi connectivity index (χ1) is 10.8. The van der Waals surface area contributed by atoms with Crippen LogP contribution in [0.5, 0.6) is 0 Å². The van der Waals surface area contributed by atoms with E-state index in [9.17, 15) is 0 Å². The molecule has 6 heteroatoms. The Morgan fingerprint density at radius 1 is 0.783 bits per heavy atom. The molecular formula is C17H40N2O3Si. The van der Waals surface area contributed by atoms with Gasteiger partial charge in [-0.1, -0.05) is 20.8 Å². The quantitative estimate of drug-likeness (QED) is 0.470. The Balaban J connectivity index is 5.16. The molecule has 0 heterocycles. The van der Waals surface area contributed by atoms with E-state index in [2.05, 4.69) is 41.5 Å². The van der Waals surface area contributed by atoms with Gasteiger partial charge in [0.1, 0.15) is 0 Å². The minimum atomic E-state index is -2.76. The molecule has 0 aromatic carbocycles. The molecule has 0 fully saturated rings. The summed E-state index contributed by atoms with van der Waals surface area (Å²) in [7, 11) is -2.76. The highest BCUT2D eigenvalue weighted by Gasteiger charge is 2.45. The Hall–Kier alpha value is 0.0169. The molecule has 0 saturated carbocycles. The molecule has 0 saturated heterocycles. The van der Waals surface area contributed by atoms with E-state index in [0.29, 0.717) is 6.54 Å². The molecule has 0 radical (unpaired) electrons. The summed E-state index contributed by atoms with van der Waals surface area (Å²) in [6.07, 6.45) is 4.85. The van der Waals surface area contributed by atoms with Gasteiger partial charge >= 0.3 is 8.80 Å². The van der Waals surface area contributed by atoms with E-state index in [-0.39, 0.29) is 24.4 Å². The Labute approximate surface area is 144 Å². The van der Waals surface area contributed by atoms with Crippen molar-refractivity contribution in [3.05, 3.63) is 0 Å². The first-order valence-electron chi connectivity index (χ1n) is 9.31. The van der Waals surface area contributed by atoms with Crippen LogP contribution in [-0.4, -0.2) is 39.7 Å². The van der Waals surface area contributed by atoms with E-state index >= 15 is 0 Å². The average molecular weight is 349 g/mol. The van der Waals surface area contributed by atoms with Crippen LogP contribution in [0.3, 0.4) is 0 Å². The van der Waals surface area contributed by atoms with Gasteiger partial charge in [0.05, 0.1) is 0 Å². The van der Waals surface area contributed by atoms with Crippen LogP contribution in [-0.2, 0) is 13.3 Å². The number of rotatable bonds is 14. The lowest BCUT2D eigenvalue weighted by Crippen LogP contribution is -2.52. The van der Waals surface area contributed by atoms with Crippen LogP contribution in [0.2, 0.25) is 6.04 Å². The Kier molecular flexibility index (Phi) is 12.4. The fraction of sp³-hybridized carbons (Fsp3) is 1.00. The second-order valence-corrected chi connectivity index (χ2v) is 9.14. The standard InChI is InChI=1S/C17H40N2O3Si/c1-7-14(4)20-23(21-15(5)8-2,22-16(6)9-3)13-11-17(19)10-12-18/h14-17H,7-13,18-19H2,1-6H3. The molecule has 0 aromatic rings. The number of hydrogen-bond donors (Lipinski definition) is 2. The minimum Gasteiger partial charge on any atom is -0.371 e. The predicted octanol–water partition coefficient (Wildman–Crippen LogP) is 3.44. The highest BCUT2D eigenvalue weighted by atomic mass is 28.4. The Morgan fingerprint density at radius 3 is 1.48 bits per heavy atom. The van der Waals surface area contributed by atoms with Crippen LogP contribution in [0.25, 0.3) is 0 Å². The topological polar surface area (TPSA) is 79.7 Å². The third-order valence-corrected chi connectivity index (χ3v) is 7.41. The smallest absolute Gasteiger partial charge is 0.371 e. The summed E-state index contributed by atoms with van der Waals surface area (Å²) >= 11 is 0. The monoisotopic (exact) mass is 348 g/mol. The minimum absolute atomic E-state index is 0.0773. The Bertz CT molecular complexity index is 264. The van der Waals surface area contributed by atoms with Crippen molar-refractivity contribution in [1.29, 1.82) is 0 Å². The normalized spacial score (nSPS) is 19.8. The molecule has 23 heavy (non-hydrogen) atoms. The lowest BCUT2D eigenvalue weighted by atomic mass is 10.2. The van der Waals surface area contributed by atoms with Gasteiger partial charge in [-0.05, 0) is 59.4 Å². The van der Waals surface area contributed by atoms with Gasteiger partial charge in [0.25, 0.3) is 0 Å². The molecule has 0 spiro atoms. The first-order valence-corrected chi connectivity index (χ1v) is 11.2. The Morgan fingerprint density at radius 2 is 1.17 bits per heavy atom. The van der Waals surface area contributed by atoms with Gasteiger partial charge in [-0.25, -0.2) is 0 Å². The predicted molar refractivity (Wildman–Crippen MR) is 99.3 cm³/mol. The zero-order chi connectivity index (χ0) is 17.9. The molecule has 4 atom stereocenters. The summed E-state index contributed by atoms with van der Waals surface area (Å²) in [5, 5.41) is 0. The van der Waals surface area contributed by atoms with Crippen molar-refractivity contribution in [2.45, 2.75) is 104 Å². The fourth-order valence-corrected chi connectivity index (χ4v) is 5.73. The summed E-state index contributed by atoms with van der Waals surface area (Å²) in [5.41, 5.74) is 11.8. The van der Waals surface area contributed by atoms with Gasteiger partial charge in [0.15, 0.2) is 0 Å². The summed E-state index contributed by atoms with van der Waals surface area (Å²) in [6, 6.07) is 0.834. The van der Waals surface area contributed by atoms with E-state index in [1.165, 1.54) is 0 Å². The molecule has 4 unspecified atom stereocenters. The molecular weight excluding hydrogens is 308 g/mol. The molecule has 0 aliphatic rings. The molecule has 0 amide bonds. The van der Waals surface area contributed by atoms with E-state index in [1.54, 1.807) is 0 Å². The van der Waals surface area contributed by atoms with Crippen LogP contribution < -0.4 is 11.5 Å². The van der Waals surface area contributed by atoms with E-state index < -0.39 is 8.80 Å². The lowest BCUT2D eigenvalue weighted by molar-refractivity contribution is -0.0114. The maximum atomic E-state index is 6.37. The highest BCUT2D eigenvalue weighted by Crippen LogP contribution is 2.26. The van der Waals surface area contributed by atoms with Gasteiger partial charge in [-0.2, -0.15) is 0 Å². The van der Waals surface area contributed by atoms with Crippen molar-refractivity contribution in [3.8, 4) is 0 Å². The first kappa shape index (κ1) is 23.0. The SMILES string of the molecule is CCC(C)O[Si](CCC(N)CCN)(OC(C)CC)OC(C)CC. The zero-order valence-corrected chi connectivity index (χ0v) is 17.1. The second-order valence-electron chi connectivity index (χ2n) is 6.57. The lowest BCUT2D eigenvalue weighted by Gasteiger charge is -2.36. The summed E-state index contributed by atoms with van der Waals surface area (Å²) in [5.74, 6) is 0. The van der Waals surface area contributed by atoms with Gasteiger partial charge in [-0.15, -0.1) is 0 Å². The van der Waals surface area contributed by atoms with Crippen molar-refractivity contribution >= 4 is 8.80 Å². The maximum Gasteiger partial charge on any atom is 0.501 e. The van der Waals surface area contributed by atoms with Crippen LogP contribution >= 0.6 is 0 Å². The van der Waals surface area contributed by atoms with Gasteiger partial charge in [-0.3, -0.25) is 0 Å². The average Bonchev–Trinajstić information content (AvgIpc) is 2.52. The van der Waals surface area contributed by atoms with Crippen LogP contribution in [0, 0.1) is 0 Å². The van der Waals surface area contributed by atoms with E-state index in [4.69, 9.17) is 24.7 Å². The molecule has 5 nitrogen and oxygen atoms in total. The van der Waals surface area contributed by atoms with Crippen molar-refractivity contribution < 1.29 is 13.3 Å². The van der Waals surface area contributed by atoms with Crippen LogP contribution in [0.1, 0.15) is 73.6 Å². The summed E-state index contributed by atoms with van der Waals surface area (Å²) < 4.78 is 19.1. The van der Waals surface area contributed by atoms with Crippen molar-refractivity contribution in [1.82, 2.24) is 0 Å².